The minimum atomic E-state index is -0.300. The second kappa shape index (κ2) is 3.65. The Balaban J connectivity index is 2.26. The van der Waals surface area contributed by atoms with Crippen LogP contribution < -0.4 is 4.90 Å². The van der Waals surface area contributed by atoms with Crippen LogP contribution in [0.1, 0.15) is 12.6 Å². The van der Waals surface area contributed by atoms with E-state index in [9.17, 15) is 4.79 Å². The van der Waals surface area contributed by atoms with E-state index < -0.39 is 0 Å². The van der Waals surface area contributed by atoms with Gasteiger partial charge in [0.05, 0.1) is 6.54 Å². The molecule has 14 heavy (non-hydrogen) atoms. The van der Waals surface area contributed by atoms with Gasteiger partial charge in [-0.15, -0.1) is 0 Å². The number of nitrogens with zero attached hydrogens (tertiary/aromatic N) is 2. The molecule has 0 aliphatic carbocycles. The molecule has 1 aromatic heterocycles. The SMILES string of the molecule is CCc1cccc(N2CCOC2=O)n1. The number of anilines is 1. The van der Waals surface area contributed by atoms with Crippen molar-refractivity contribution in [3.05, 3.63) is 23.9 Å². The van der Waals surface area contributed by atoms with E-state index >= 15 is 0 Å². The molecule has 0 unspecified atom stereocenters. The normalized spacial score (nSPS) is 15.8. The molecule has 1 fully saturated rings. The lowest BCUT2D eigenvalue weighted by Gasteiger charge is -2.11. The summed E-state index contributed by atoms with van der Waals surface area (Å²) < 4.78 is 4.84. The van der Waals surface area contributed by atoms with Crippen molar-refractivity contribution in [1.29, 1.82) is 0 Å². The quantitative estimate of drug-likeness (QED) is 0.714. The maximum Gasteiger partial charge on any atom is 0.415 e. The number of aryl methyl sites for hydroxylation is 1. The summed E-state index contributed by atoms with van der Waals surface area (Å²) in [7, 11) is 0. The number of rotatable bonds is 2. The summed E-state index contributed by atoms with van der Waals surface area (Å²) in [6, 6.07) is 5.68. The van der Waals surface area contributed by atoms with Crippen LogP contribution in [0.4, 0.5) is 10.6 Å². The van der Waals surface area contributed by atoms with Gasteiger partial charge in [0.25, 0.3) is 0 Å². The molecule has 2 heterocycles. The third kappa shape index (κ3) is 1.55. The average Bonchev–Trinajstić information content (AvgIpc) is 2.65. The van der Waals surface area contributed by atoms with E-state index in [-0.39, 0.29) is 6.09 Å². The number of hydrogen-bond donors (Lipinski definition) is 0. The van der Waals surface area contributed by atoms with Crippen LogP contribution in [0.3, 0.4) is 0 Å². The summed E-state index contributed by atoms with van der Waals surface area (Å²) in [5.41, 5.74) is 0.988. The first-order chi connectivity index (χ1) is 6.81. The van der Waals surface area contributed by atoms with Crippen molar-refractivity contribution in [2.75, 3.05) is 18.1 Å². The summed E-state index contributed by atoms with van der Waals surface area (Å²) in [6.07, 6.45) is 0.572. The lowest BCUT2D eigenvalue weighted by molar-refractivity contribution is 0.181. The van der Waals surface area contributed by atoms with E-state index in [1.807, 2.05) is 25.1 Å². The molecule has 1 aliphatic heterocycles. The molecule has 0 atom stereocenters. The molecule has 0 aromatic carbocycles. The van der Waals surface area contributed by atoms with Crippen LogP contribution in [-0.4, -0.2) is 24.2 Å². The number of carbonyl (C=O) groups excluding carboxylic acids is 1. The van der Waals surface area contributed by atoms with Crippen molar-refractivity contribution in [3.8, 4) is 0 Å². The monoisotopic (exact) mass is 192 g/mol. The van der Waals surface area contributed by atoms with Gasteiger partial charge in [0, 0.05) is 5.69 Å². The van der Waals surface area contributed by atoms with Crippen molar-refractivity contribution in [1.82, 2.24) is 4.98 Å². The first-order valence-corrected chi connectivity index (χ1v) is 4.71. The lowest BCUT2D eigenvalue weighted by Crippen LogP contribution is -2.24. The Morgan fingerprint density at radius 3 is 3.07 bits per heavy atom. The number of aromatic nitrogens is 1. The van der Waals surface area contributed by atoms with Gasteiger partial charge in [-0.1, -0.05) is 13.0 Å². The molecule has 4 heteroatoms. The van der Waals surface area contributed by atoms with Crippen LogP contribution in [0.15, 0.2) is 18.2 Å². The zero-order valence-electron chi connectivity index (χ0n) is 8.06. The van der Waals surface area contributed by atoms with Crippen molar-refractivity contribution in [3.63, 3.8) is 0 Å². The standard InChI is InChI=1S/C10H12N2O2/c1-2-8-4-3-5-9(11-8)12-6-7-14-10(12)13/h3-5H,2,6-7H2,1H3. The Hall–Kier alpha value is -1.58. The van der Waals surface area contributed by atoms with E-state index in [1.54, 1.807) is 4.90 Å². The predicted octanol–water partition coefficient (Wildman–Crippen LogP) is 1.60. The lowest BCUT2D eigenvalue weighted by atomic mass is 10.3. The molecule has 1 saturated heterocycles. The van der Waals surface area contributed by atoms with Crippen LogP contribution in [-0.2, 0) is 11.2 Å². The summed E-state index contributed by atoms with van der Waals surface area (Å²) in [4.78, 5) is 17.1. The van der Waals surface area contributed by atoms with Gasteiger partial charge in [-0.25, -0.2) is 9.78 Å². The smallest absolute Gasteiger partial charge is 0.415 e. The van der Waals surface area contributed by atoms with E-state index in [2.05, 4.69) is 4.98 Å². The Bertz CT molecular complexity index is 352. The Morgan fingerprint density at radius 1 is 1.57 bits per heavy atom. The highest BCUT2D eigenvalue weighted by Crippen LogP contribution is 2.16. The van der Waals surface area contributed by atoms with Crippen LogP contribution in [0.5, 0.6) is 0 Å². The van der Waals surface area contributed by atoms with Gasteiger partial charge in [-0.3, -0.25) is 4.90 Å². The zero-order chi connectivity index (χ0) is 9.97. The zero-order valence-corrected chi connectivity index (χ0v) is 8.06. The molecule has 1 amide bonds. The Kier molecular flexibility index (Phi) is 2.35. The van der Waals surface area contributed by atoms with Crippen molar-refractivity contribution in [2.45, 2.75) is 13.3 Å². The number of cyclic esters (lactones) is 1. The summed E-state index contributed by atoms with van der Waals surface area (Å²) in [5, 5.41) is 0. The minimum absolute atomic E-state index is 0.300. The van der Waals surface area contributed by atoms with Crippen LogP contribution in [0.25, 0.3) is 0 Å². The summed E-state index contributed by atoms with van der Waals surface area (Å²) in [6.45, 7) is 3.09. The molecule has 2 rings (SSSR count). The molecule has 1 aliphatic rings. The second-order valence-corrected chi connectivity index (χ2v) is 3.11. The van der Waals surface area contributed by atoms with Crippen molar-refractivity contribution < 1.29 is 9.53 Å². The van der Waals surface area contributed by atoms with Gasteiger partial charge < -0.3 is 4.74 Å². The Morgan fingerprint density at radius 2 is 2.43 bits per heavy atom. The highest BCUT2D eigenvalue weighted by atomic mass is 16.6. The number of amides is 1. The number of carbonyl (C=O) groups is 1. The summed E-state index contributed by atoms with van der Waals surface area (Å²) >= 11 is 0. The molecule has 0 N–H and O–H groups in total. The maximum atomic E-state index is 11.2. The number of ether oxygens (including phenoxy) is 1. The molecule has 0 bridgehead atoms. The number of hydrogen-bond acceptors (Lipinski definition) is 3. The van der Waals surface area contributed by atoms with Crippen LogP contribution in [0, 0.1) is 0 Å². The maximum absolute atomic E-state index is 11.2. The fourth-order valence-electron chi connectivity index (χ4n) is 1.42. The van der Waals surface area contributed by atoms with Crippen molar-refractivity contribution >= 4 is 11.9 Å². The fourth-order valence-corrected chi connectivity index (χ4v) is 1.42. The van der Waals surface area contributed by atoms with Gasteiger partial charge in [0.1, 0.15) is 12.4 Å². The van der Waals surface area contributed by atoms with E-state index in [0.29, 0.717) is 19.0 Å². The molecule has 74 valence electrons. The molecule has 0 spiro atoms. The van der Waals surface area contributed by atoms with Gasteiger partial charge in [0.2, 0.25) is 0 Å². The van der Waals surface area contributed by atoms with Crippen LogP contribution in [0.2, 0.25) is 0 Å². The third-order valence-corrected chi connectivity index (χ3v) is 2.19. The highest BCUT2D eigenvalue weighted by molar-refractivity contribution is 5.88. The fraction of sp³-hybridized carbons (Fsp3) is 0.400. The van der Waals surface area contributed by atoms with E-state index in [0.717, 1.165) is 12.1 Å². The third-order valence-electron chi connectivity index (χ3n) is 2.19. The molecule has 4 nitrogen and oxygen atoms in total. The predicted molar refractivity (Wildman–Crippen MR) is 52.3 cm³/mol. The Labute approximate surface area is 82.5 Å². The average molecular weight is 192 g/mol. The largest absolute Gasteiger partial charge is 0.447 e. The molecular formula is C10H12N2O2. The van der Waals surface area contributed by atoms with E-state index in [1.165, 1.54) is 0 Å². The van der Waals surface area contributed by atoms with Crippen molar-refractivity contribution in [2.24, 2.45) is 0 Å². The van der Waals surface area contributed by atoms with Gasteiger partial charge in [-0.05, 0) is 18.6 Å². The van der Waals surface area contributed by atoms with Gasteiger partial charge in [-0.2, -0.15) is 0 Å². The van der Waals surface area contributed by atoms with Gasteiger partial charge in [0.15, 0.2) is 0 Å². The number of pyridine rings is 1. The molecule has 0 saturated carbocycles. The summed E-state index contributed by atoms with van der Waals surface area (Å²) in [5.74, 6) is 0.687. The molecule has 1 aromatic rings. The second-order valence-electron chi connectivity index (χ2n) is 3.11. The minimum Gasteiger partial charge on any atom is -0.447 e. The topological polar surface area (TPSA) is 42.4 Å². The molecule has 0 radical (unpaired) electrons. The van der Waals surface area contributed by atoms with E-state index in [4.69, 9.17) is 4.74 Å². The highest BCUT2D eigenvalue weighted by Gasteiger charge is 2.24. The first-order valence-electron chi connectivity index (χ1n) is 4.71. The first kappa shape index (κ1) is 8.99. The van der Waals surface area contributed by atoms with Gasteiger partial charge >= 0.3 is 6.09 Å². The van der Waals surface area contributed by atoms with Crippen LogP contribution >= 0.6 is 0 Å². The molecular weight excluding hydrogens is 180 g/mol.